The van der Waals surface area contributed by atoms with Crippen molar-refractivity contribution in [1.29, 1.82) is 0 Å². The molecule has 0 spiro atoms. The second-order valence-corrected chi connectivity index (χ2v) is 4.46. The number of nitrogens with one attached hydrogen (secondary N) is 1. The van der Waals surface area contributed by atoms with Crippen LogP contribution >= 0.6 is 11.3 Å². The molecule has 1 amide bonds. The Labute approximate surface area is 91.7 Å². The van der Waals surface area contributed by atoms with Gasteiger partial charge >= 0.3 is 0 Å². The molecule has 2 rings (SSSR count). The van der Waals surface area contributed by atoms with Crippen LogP contribution in [0.25, 0.3) is 0 Å². The first-order valence-corrected chi connectivity index (χ1v) is 5.72. The molecule has 0 aliphatic carbocycles. The molecule has 0 radical (unpaired) electrons. The zero-order chi connectivity index (χ0) is 10.7. The number of amides is 1. The number of aliphatic hydroxyl groups excluding tert-OH is 1. The minimum absolute atomic E-state index is 0.0703. The molecule has 1 atom stereocenters. The van der Waals surface area contributed by atoms with E-state index in [2.05, 4.69) is 10.3 Å². The number of likely N-dealkylation sites (tertiary alicyclic amines) is 1. The molecule has 1 saturated heterocycles. The summed E-state index contributed by atoms with van der Waals surface area (Å²) in [5.41, 5.74) is 0. The molecular formula is C9H13N3O2S. The first-order chi connectivity index (χ1) is 7.24. The summed E-state index contributed by atoms with van der Waals surface area (Å²) in [4.78, 5) is 17.4. The summed E-state index contributed by atoms with van der Waals surface area (Å²) in [5, 5.41) is 14.4. The summed E-state index contributed by atoms with van der Waals surface area (Å²) < 4.78 is 0. The Balaban J connectivity index is 1.78. The lowest BCUT2D eigenvalue weighted by atomic mass is 10.3. The van der Waals surface area contributed by atoms with Gasteiger partial charge in [-0.05, 0) is 6.42 Å². The highest BCUT2D eigenvalue weighted by molar-refractivity contribution is 7.13. The SMILES string of the molecule is O=C(CN1CC[C@@H](O)C1)Nc1nccs1. The first-order valence-electron chi connectivity index (χ1n) is 4.84. The Morgan fingerprint density at radius 1 is 1.80 bits per heavy atom. The van der Waals surface area contributed by atoms with Crippen molar-refractivity contribution >= 4 is 22.4 Å². The van der Waals surface area contributed by atoms with Gasteiger partial charge in [-0.2, -0.15) is 0 Å². The lowest BCUT2D eigenvalue weighted by Crippen LogP contribution is -2.32. The molecule has 15 heavy (non-hydrogen) atoms. The van der Waals surface area contributed by atoms with Crippen molar-refractivity contribution in [1.82, 2.24) is 9.88 Å². The van der Waals surface area contributed by atoms with E-state index in [4.69, 9.17) is 0 Å². The van der Waals surface area contributed by atoms with E-state index < -0.39 is 0 Å². The fraction of sp³-hybridized carbons (Fsp3) is 0.556. The molecule has 0 bridgehead atoms. The molecular weight excluding hydrogens is 214 g/mol. The van der Waals surface area contributed by atoms with Gasteiger partial charge in [-0.1, -0.05) is 0 Å². The Hall–Kier alpha value is -0.980. The standard InChI is InChI=1S/C9H13N3O2S/c13-7-1-3-12(5-7)6-8(14)11-9-10-2-4-15-9/h2,4,7,13H,1,3,5-6H2,(H,10,11,14)/t7-/m1/s1. The molecule has 5 nitrogen and oxygen atoms in total. The fourth-order valence-corrected chi connectivity index (χ4v) is 2.15. The number of β-amino-alcohol motifs (C(OH)–C–C–N with tert-alkyl or cyclic N) is 1. The number of aliphatic hydroxyl groups is 1. The summed E-state index contributed by atoms with van der Waals surface area (Å²) >= 11 is 1.40. The van der Waals surface area contributed by atoms with Gasteiger partial charge in [0.2, 0.25) is 5.91 Å². The maximum absolute atomic E-state index is 11.5. The van der Waals surface area contributed by atoms with E-state index in [-0.39, 0.29) is 12.0 Å². The van der Waals surface area contributed by atoms with Gasteiger partial charge in [0.15, 0.2) is 5.13 Å². The average molecular weight is 227 g/mol. The van der Waals surface area contributed by atoms with Crippen LogP contribution in [-0.2, 0) is 4.79 Å². The third-order valence-electron chi connectivity index (χ3n) is 2.29. The highest BCUT2D eigenvalue weighted by Crippen LogP contribution is 2.11. The van der Waals surface area contributed by atoms with Crippen molar-refractivity contribution in [3.8, 4) is 0 Å². The van der Waals surface area contributed by atoms with Crippen LogP contribution in [0, 0.1) is 0 Å². The van der Waals surface area contributed by atoms with Crippen molar-refractivity contribution in [3.05, 3.63) is 11.6 Å². The van der Waals surface area contributed by atoms with E-state index >= 15 is 0 Å². The van der Waals surface area contributed by atoms with Gasteiger partial charge in [-0.15, -0.1) is 11.3 Å². The van der Waals surface area contributed by atoms with Crippen LogP contribution < -0.4 is 5.32 Å². The lowest BCUT2D eigenvalue weighted by molar-refractivity contribution is -0.117. The van der Waals surface area contributed by atoms with Crippen LogP contribution in [0.5, 0.6) is 0 Å². The van der Waals surface area contributed by atoms with Crippen LogP contribution in [0.3, 0.4) is 0 Å². The van der Waals surface area contributed by atoms with Gasteiger partial charge < -0.3 is 10.4 Å². The third-order valence-corrected chi connectivity index (χ3v) is 2.98. The number of nitrogens with zero attached hydrogens (tertiary/aromatic N) is 2. The van der Waals surface area contributed by atoms with Crippen LogP contribution in [0.2, 0.25) is 0 Å². The molecule has 0 saturated carbocycles. The van der Waals surface area contributed by atoms with Crippen LogP contribution in [0.1, 0.15) is 6.42 Å². The van der Waals surface area contributed by atoms with E-state index in [1.165, 1.54) is 11.3 Å². The zero-order valence-electron chi connectivity index (χ0n) is 8.22. The molecule has 2 heterocycles. The van der Waals surface area contributed by atoms with E-state index in [1.807, 2.05) is 10.3 Å². The summed E-state index contributed by atoms with van der Waals surface area (Å²) in [6, 6.07) is 0. The molecule has 1 aliphatic rings. The molecule has 1 aromatic heterocycles. The zero-order valence-corrected chi connectivity index (χ0v) is 9.04. The van der Waals surface area contributed by atoms with Crippen LogP contribution in [0.4, 0.5) is 5.13 Å². The fourth-order valence-electron chi connectivity index (χ4n) is 1.60. The minimum atomic E-state index is -0.280. The number of rotatable bonds is 3. The molecule has 1 fully saturated rings. The third kappa shape index (κ3) is 2.98. The maximum atomic E-state index is 11.5. The molecule has 0 unspecified atom stereocenters. The maximum Gasteiger partial charge on any atom is 0.240 e. The predicted octanol–water partition coefficient (Wildman–Crippen LogP) is 0.148. The van der Waals surface area contributed by atoms with E-state index in [0.29, 0.717) is 18.2 Å². The van der Waals surface area contributed by atoms with Gasteiger partial charge in [0.25, 0.3) is 0 Å². The lowest BCUT2D eigenvalue weighted by Gasteiger charge is -2.13. The Morgan fingerprint density at radius 2 is 2.67 bits per heavy atom. The monoisotopic (exact) mass is 227 g/mol. The molecule has 82 valence electrons. The summed E-state index contributed by atoms with van der Waals surface area (Å²) in [6.07, 6.45) is 2.13. The number of hydrogen-bond donors (Lipinski definition) is 2. The van der Waals surface area contributed by atoms with Gasteiger partial charge in [0, 0.05) is 24.7 Å². The van der Waals surface area contributed by atoms with Gasteiger partial charge in [-0.3, -0.25) is 9.69 Å². The average Bonchev–Trinajstić information content (AvgIpc) is 2.77. The van der Waals surface area contributed by atoms with Gasteiger partial charge in [0.05, 0.1) is 12.6 Å². The van der Waals surface area contributed by atoms with Crippen LogP contribution in [-0.4, -0.2) is 46.6 Å². The van der Waals surface area contributed by atoms with E-state index in [1.54, 1.807) is 6.20 Å². The quantitative estimate of drug-likeness (QED) is 0.771. The number of anilines is 1. The molecule has 0 aromatic carbocycles. The number of thiazole rings is 1. The second-order valence-electron chi connectivity index (χ2n) is 3.56. The van der Waals surface area contributed by atoms with E-state index in [9.17, 15) is 9.90 Å². The minimum Gasteiger partial charge on any atom is -0.392 e. The Bertz CT molecular complexity index is 328. The van der Waals surface area contributed by atoms with Crippen LogP contribution in [0.15, 0.2) is 11.6 Å². The van der Waals surface area contributed by atoms with Gasteiger partial charge in [-0.25, -0.2) is 4.98 Å². The van der Waals surface area contributed by atoms with Gasteiger partial charge in [0.1, 0.15) is 0 Å². The van der Waals surface area contributed by atoms with Crippen molar-refractivity contribution < 1.29 is 9.90 Å². The number of hydrogen-bond acceptors (Lipinski definition) is 5. The van der Waals surface area contributed by atoms with Crippen molar-refractivity contribution in [2.75, 3.05) is 25.0 Å². The highest BCUT2D eigenvalue weighted by Gasteiger charge is 2.21. The number of carbonyl (C=O) groups excluding carboxylic acids is 1. The predicted molar refractivity (Wildman–Crippen MR) is 57.8 cm³/mol. The highest BCUT2D eigenvalue weighted by atomic mass is 32.1. The summed E-state index contributed by atoms with van der Waals surface area (Å²) in [5.74, 6) is -0.0703. The number of carbonyl (C=O) groups is 1. The molecule has 1 aliphatic heterocycles. The molecule has 2 N–H and O–H groups in total. The van der Waals surface area contributed by atoms with Crippen molar-refractivity contribution in [3.63, 3.8) is 0 Å². The smallest absolute Gasteiger partial charge is 0.240 e. The Morgan fingerprint density at radius 3 is 3.27 bits per heavy atom. The topological polar surface area (TPSA) is 65.5 Å². The number of aromatic nitrogens is 1. The molecule has 6 heteroatoms. The molecule has 1 aromatic rings. The van der Waals surface area contributed by atoms with E-state index in [0.717, 1.165) is 13.0 Å². The van der Waals surface area contributed by atoms with Crippen molar-refractivity contribution in [2.24, 2.45) is 0 Å². The summed E-state index contributed by atoms with van der Waals surface area (Å²) in [6.45, 7) is 1.70. The normalized spacial score (nSPS) is 21.8. The Kier molecular flexibility index (Phi) is 3.30. The largest absolute Gasteiger partial charge is 0.392 e. The first kappa shape index (κ1) is 10.5. The summed E-state index contributed by atoms with van der Waals surface area (Å²) in [7, 11) is 0. The second kappa shape index (κ2) is 4.69. The van der Waals surface area contributed by atoms with Crippen molar-refractivity contribution in [2.45, 2.75) is 12.5 Å².